The molecule has 1 heterocycles. The van der Waals surface area contributed by atoms with E-state index in [9.17, 15) is 22.8 Å². The van der Waals surface area contributed by atoms with Crippen molar-refractivity contribution in [2.24, 2.45) is 5.10 Å². The minimum Gasteiger partial charge on any atom is -0.475 e. The summed E-state index contributed by atoms with van der Waals surface area (Å²) in [5, 5.41) is 12.4. The monoisotopic (exact) mass is 322 g/mol. The Labute approximate surface area is 121 Å². The summed E-state index contributed by atoms with van der Waals surface area (Å²) in [7, 11) is 0. The number of carboxylic acid groups (broad SMARTS) is 1. The first-order valence-corrected chi connectivity index (χ1v) is 5.94. The van der Waals surface area contributed by atoms with E-state index in [1.54, 1.807) is 5.41 Å². The largest absolute Gasteiger partial charge is 0.490 e. The lowest BCUT2D eigenvalue weighted by Crippen LogP contribution is -2.21. The minimum atomic E-state index is -5.08. The molecule has 6 nitrogen and oxygen atoms in total. The number of carbonyl (C=O) groups excluding carboxylic acids is 2. The maximum atomic E-state index is 11.0. The van der Waals surface area contributed by atoms with Crippen LogP contribution >= 0.6 is 11.9 Å². The summed E-state index contributed by atoms with van der Waals surface area (Å²) < 4.78 is 31.7. The average Bonchev–Trinajstić information content (AvgIpc) is 2.37. The van der Waals surface area contributed by atoms with Gasteiger partial charge in [-0.25, -0.2) is 9.63 Å². The maximum Gasteiger partial charge on any atom is 0.490 e. The molecule has 0 fully saturated rings. The third kappa shape index (κ3) is 11.2. The molecule has 2 N–H and O–H groups in total. The molecule has 0 saturated carbocycles. The molecule has 0 saturated heterocycles. The van der Waals surface area contributed by atoms with E-state index >= 15 is 0 Å². The van der Waals surface area contributed by atoms with Crippen LogP contribution in [0.25, 0.3) is 0 Å². The molecule has 0 aromatic rings. The molecule has 0 bridgehead atoms. The summed E-state index contributed by atoms with van der Waals surface area (Å²) in [4.78, 5) is 33.5. The van der Waals surface area contributed by atoms with Crippen LogP contribution in [0.15, 0.2) is 40.9 Å². The second-order valence-electron chi connectivity index (χ2n) is 3.09. The normalized spacial score (nSPS) is 21.5. The Balaban J connectivity index is 0.000000486. The van der Waals surface area contributed by atoms with Gasteiger partial charge in [0.25, 0.3) is 0 Å². The average molecular weight is 322 g/mol. The van der Waals surface area contributed by atoms with Crippen LogP contribution in [0.5, 0.6) is 0 Å². The Bertz CT molecular complexity index is 510. The number of hydrogen-bond acceptors (Lipinski definition) is 6. The number of aliphatic carboxylic acids is 1. The molecule has 0 aromatic carbocycles. The molecule has 10 heteroatoms. The fourth-order valence-electron chi connectivity index (χ4n) is 0.649. The van der Waals surface area contributed by atoms with E-state index in [4.69, 9.17) is 9.90 Å². The number of hydrogen-bond donors (Lipinski definition) is 2. The van der Waals surface area contributed by atoms with E-state index in [0.29, 0.717) is 0 Å². The molecule has 0 aromatic heterocycles. The lowest BCUT2D eigenvalue weighted by molar-refractivity contribution is -0.192. The highest BCUT2D eigenvalue weighted by Gasteiger charge is 2.38. The number of alkyl halides is 3. The number of halogens is 3. The number of hydrazone groups is 1. The smallest absolute Gasteiger partial charge is 0.475 e. The van der Waals surface area contributed by atoms with Gasteiger partial charge >= 0.3 is 12.1 Å². The second kappa shape index (κ2) is 9.53. The first-order chi connectivity index (χ1) is 9.73. The Morgan fingerprint density at radius 2 is 1.67 bits per heavy atom. The summed E-state index contributed by atoms with van der Waals surface area (Å²) >= 11 is 1.17. The molecule has 1 aliphatic heterocycles. The number of allylic oxidation sites excluding steroid dienone is 5. The van der Waals surface area contributed by atoms with Crippen LogP contribution in [0, 0.1) is 0 Å². The fraction of sp³-hybridized carbons (Fsp3) is 0.0909. The van der Waals surface area contributed by atoms with Gasteiger partial charge in [0.15, 0.2) is 11.6 Å². The Hall–Kier alpha value is -2.36. The SMILES string of the molecule is O=C(O)C(F)(F)F.O=C1/C=C\SN/N=C\C=C\C(=O)/C=C/1. The molecule has 0 atom stereocenters. The highest BCUT2D eigenvalue weighted by atomic mass is 32.2. The van der Waals surface area contributed by atoms with Crippen LogP contribution in [-0.2, 0) is 14.4 Å². The Morgan fingerprint density at radius 3 is 2.19 bits per heavy atom. The third-order valence-corrected chi connectivity index (χ3v) is 1.96. The Morgan fingerprint density at radius 1 is 1.14 bits per heavy atom. The van der Waals surface area contributed by atoms with Crippen LogP contribution in [0.3, 0.4) is 0 Å². The topological polar surface area (TPSA) is 95.8 Å². The molecular weight excluding hydrogens is 313 g/mol. The fourth-order valence-corrected chi connectivity index (χ4v) is 1.03. The second-order valence-corrected chi connectivity index (χ2v) is 3.78. The van der Waals surface area contributed by atoms with Gasteiger partial charge in [-0.3, -0.25) is 9.59 Å². The molecule has 114 valence electrons. The van der Waals surface area contributed by atoms with E-state index in [2.05, 4.69) is 9.93 Å². The van der Waals surface area contributed by atoms with Crippen LogP contribution < -0.4 is 4.83 Å². The summed E-state index contributed by atoms with van der Waals surface area (Å²) in [5.41, 5.74) is 0. The molecule has 1 aliphatic rings. The lowest BCUT2D eigenvalue weighted by atomic mass is 10.3. The number of ketones is 2. The van der Waals surface area contributed by atoms with E-state index in [1.165, 1.54) is 48.5 Å². The first kappa shape index (κ1) is 18.6. The van der Waals surface area contributed by atoms with Gasteiger partial charge in [-0.15, -0.1) is 0 Å². The first-order valence-electron chi connectivity index (χ1n) is 5.06. The van der Waals surface area contributed by atoms with Crippen molar-refractivity contribution in [3.8, 4) is 0 Å². The van der Waals surface area contributed by atoms with Crippen molar-refractivity contribution in [1.29, 1.82) is 0 Å². The number of carboxylic acids is 1. The number of rotatable bonds is 0. The van der Waals surface area contributed by atoms with Gasteiger partial charge in [-0.05, 0) is 47.7 Å². The summed E-state index contributed by atoms with van der Waals surface area (Å²) in [6.45, 7) is 0. The molecule has 0 spiro atoms. The quantitative estimate of drug-likeness (QED) is 0.658. The third-order valence-electron chi connectivity index (χ3n) is 1.48. The van der Waals surface area contributed by atoms with Gasteiger partial charge in [0.05, 0.1) is 0 Å². The predicted octanol–water partition coefficient (Wildman–Crippen LogP) is 1.62. The van der Waals surface area contributed by atoms with Crippen molar-refractivity contribution in [3.63, 3.8) is 0 Å². The zero-order valence-corrected chi connectivity index (χ0v) is 11.0. The predicted molar refractivity (Wildman–Crippen MR) is 70.3 cm³/mol. The van der Waals surface area contributed by atoms with Gasteiger partial charge in [-0.1, -0.05) is 0 Å². The van der Waals surface area contributed by atoms with Gasteiger partial charge in [0.1, 0.15) is 0 Å². The standard InChI is InChI=1S/C9H8N2O2S.C2HF3O2/c12-8-2-1-6-10-11-14-7-5-9(13)4-3-8;3-2(4,5)1(6)7/h1-7,11H;(H,6,7)/b2-1+,4-3+,7-5-,10-6-;. The molecule has 0 radical (unpaired) electrons. The zero-order valence-electron chi connectivity index (χ0n) is 10.2. The number of nitrogens with one attached hydrogen (secondary N) is 1. The zero-order chi connectivity index (χ0) is 16.3. The van der Waals surface area contributed by atoms with Gasteiger partial charge in [0.2, 0.25) is 0 Å². The van der Waals surface area contributed by atoms with E-state index in [-0.39, 0.29) is 11.6 Å². The van der Waals surface area contributed by atoms with Crippen molar-refractivity contribution in [2.45, 2.75) is 6.18 Å². The number of carbonyl (C=O) groups is 3. The highest BCUT2D eigenvalue weighted by molar-refractivity contribution is 8.00. The van der Waals surface area contributed by atoms with Crippen molar-refractivity contribution in [1.82, 2.24) is 4.83 Å². The van der Waals surface area contributed by atoms with Gasteiger partial charge < -0.3 is 5.11 Å². The molecule has 21 heavy (non-hydrogen) atoms. The summed E-state index contributed by atoms with van der Waals surface area (Å²) in [6, 6.07) is 0. The molecular formula is C11H9F3N2O4S. The van der Waals surface area contributed by atoms with Crippen molar-refractivity contribution < 1.29 is 32.7 Å². The minimum absolute atomic E-state index is 0.231. The Kier molecular flexibility index (Phi) is 8.46. The number of nitrogens with zero attached hydrogens (tertiary/aromatic N) is 1. The van der Waals surface area contributed by atoms with Crippen molar-refractivity contribution >= 4 is 35.7 Å². The molecule has 0 unspecified atom stereocenters. The van der Waals surface area contributed by atoms with Crippen LogP contribution in [-0.4, -0.2) is 35.0 Å². The van der Waals surface area contributed by atoms with Crippen LogP contribution in [0.1, 0.15) is 0 Å². The van der Waals surface area contributed by atoms with E-state index < -0.39 is 12.1 Å². The van der Waals surface area contributed by atoms with E-state index in [1.807, 2.05) is 0 Å². The molecule has 0 aliphatic carbocycles. The van der Waals surface area contributed by atoms with Gasteiger partial charge in [0, 0.05) is 6.21 Å². The van der Waals surface area contributed by atoms with Crippen LogP contribution in [0.4, 0.5) is 13.2 Å². The van der Waals surface area contributed by atoms with Gasteiger partial charge in [-0.2, -0.15) is 18.3 Å². The van der Waals surface area contributed by atoms with Crippen molar-refractivity contribution in [2.75, 3.05) is 0 Å². The maximum absolute atomic E-state index is 11.0. The summed E-state index contributed by atoms with van der Waals surface area (Å²) in [6.07, 6.45) is 2.98. The highest BCUT2D eigenvalue weighted by Crippen LogP contribution is 2.13. The molecule has 1 rings (SSSR count). The van der Waals surface area contributed by atoms with E-state index in [0.717, 1.165) is 0 Å². The summed E-state index contributed by atoms with van der Waals surface area (Å²) in [5.74, 6) is -3.23. The lowest BCUT2D eigenvalue weighted by Gasteiger charge is -1.93. The van der Waals surface area contributed by atoms with Crippen LogP contribution in [0.2, 0.25) is 0 Å². The molecule has 0 amide bonds. The van der Waals surface area contributed by atoms with Crippen molar-refractivity contribution in [3.05, 3.63) is 35.8 Å².